The SMILES string of the molecule is CN(C)C(C/C=N/OCCOc1cccc(C(F)(F)F)c1)=C(C#N)C#N. The third kappa shape index (κ3) is 6.73. The Bertz CT molecular complexity index is 728. The fraction of sp³-hybridized carbons (Fsp3) is 0.353. The van der Waals surface area contributed by atoms with Gasteiger partial charge in [-0.05, 0) is 18.2 Å². The van der Waals surface area contributed by atoms with Crippen molar-refractivity contribution in [3.8, 4) is 17.9 Å². The highest BCUT2D eigenvalue weighted by molar-refractivity contribution is 5.62. The number of alkyl halides is 3. The first-order valence-electron chi connectivity index (χ1n) is 7.44. The molecule has 0 aliphatic rings. The number of nitrogens with zero attached hydrogens (tertiary/aromatic N) is 4. The van der Waals surface area contributed by atoms with Crippen LogP contribution in [0.5, 0.6) is 5.75 Å². The van der Waals surface area contributed by atoms with E-state index < -0.39 is 11.7 Å². The van der Waals surface area contributed by atoms with Crippen LogP contribution in [0.4, 0.5) is 13.2 Å². The third-order valence-corrected chi connectivity index (χ3v) is 3.09. The van der Waals surface area contributed by atoms with Crippen LogP contribution in [0.25, 0.3) is 0 Å². The first-order valence-corrected chi connectivity index (χ1v) is 7.44. The Kier molecular flexibility index (Phi) is 7.97. The molecule has 0 N–H and O–H groups in total. The number of benzene rings is 1. The number of nitriles is 2. The summed E-state index contributed by atoms with van der Waals surface area (Å²) >= 11 is 0. The summed E-state index contributed by atoms with van der Waals surface area (Å²) in [6.07, 6.45) is -2.82. The van der Waals surface area contributed by atoms with Gasteiger partial charge in [0, 0.05) is 32.4 Å². The summed E-state index contributed by atoms with van der Waals surface area (Å²) in [7, 11) is 3.39. The van der Waals surface area contributed by atoms with E-state index in [9.17, 15) is 13.2 Å². The summed E-state index contributed by atoms with van der Waals surface area (Å²) in [4.78, 5) is 6.57. The average molecular weight is 366 g/mol. The Labute approximate surface area is 149 Å². The number of hydrogen-bond donors (Lipinski definition) is 0. The monoisotopic (exact) mass is 366 g/mol. The molecule has 0 saturated carbocycles. The minimum Gasteiger partial charge on any atom is -0.490 e. The fourth-order valence-corrected chi connectivity index (χ4v) is 1.85. The number of rotatable bonds is 8. The molecule has 0 aromatic heterocycles. The van der Waals surface area contributed by atoms with Crippen LogP contribution in [-0.2, 0) is 11.0 Å². The summed E-state index contributed by atoms with van der Waals surface area (Å²) < 4.78 is 42.9. The van der Waals surface area contributed by atoms with Gasteiger partial charge in [-0.2, -0.15) is 23.7 Å². The zero-order valence-corrected chi connectivity index (χ0v) is 14.2. The van der Waals surface area contributed by atoms with Crippen molar-refractivity contribution in [2.24, 2.45) is 5.16 Å². The second-order valence-corrected chi connectivity index (χ2v) is 5.14. The molecule has 1 rings (SSSR count). The maximum absolute atomic E-state index is 12.6. The second-order valence-electron chi connectivity index (χ2n) is 5.14. The molecule has 0 spiro atoms. The van der Waals surface area contributed by atoms with Crippen LogP contribution in [0.1, 0.15) is 12.0 Å². The van der Waals surface area contributed by atoms with Gasteiger partial charge in [-0.15, -0.1) is 0 Å². The summed E-state index contributed by atoms with van der Waals surface area (Å²) in [6, 6.07) is 8.14. The highest BCUT2D eigenvalue weighted by Crippen LogP contribution is 2.31. The topological polar surface area (TPSA) is 81.6 Å². The van der Waals surface area contributed by atoms with Crippen LogP contribution in [-0.4, -0.2) is 38.4 Å². The maximum Gasteiger partial charge on any atom is 0.416 e. The Balaban J connectivity index is 2.44. The molecule has 138 valence electrons. The van der Waals surface area contributed by atoms with Crippen molar-refractivity contribution in [3.05, 3.63) is 41.1 Å². The quantitative estimate of drug-likeness (QED) is 0.305. The van der Waals surface area contributed by atoms with Crippen LogP contribution < -0.4 is 4.74 Å². The lowest BCUT2D eigenvalue weighted by Gasteiger charge is -2.14. The molecule has 0 unspecified atom stereocenters. The van der Waals surface area contributed by atoms with Gasteiger partial charge in [-0.3, -0.25) is 0 Å². The smallest absolute Gasteiger partial charge is 0.416 e. The van der Waals surface area contributed by atoms with Gasteiger partial charge in [-0.1, -0.05) is 11.2 Å². The largest absolute Gasteiger partial charge is 0.490 e. The molecule has 9 heteroatoms. The minimum atomic E-state index is -4.43. The van der Waals surface area contributed by atoms with Crippen molar-refractivity contribution in [2.75, 3.05) is 27.3 Å². The summed E-state index contributed by atoms with van der Waals surface area (Å²) in [6.45, 7) is 0.0355. The molecule has 1 aromatic carbocycles. The van der Waals surface area contributed by atoms with Crippen LogP contribution in [0.2, 0.25) is 0 Å². The normalized spacial score (nSPS) is 10.7. The molecular weight excluding hydrogens is 349 g/mol. The van der Waals surface area contributed by atoms with Crippen molar-refractivity contribution >= 4 is 6.21 Å². The highest BCUT2D eigenvalue weighted by atomic mass is 19.4. The Morgan fingerprint density at radius 1 is 1.23 bits per heavy atom. The molecule has 0 radical (unpaired) electrons. The van der Waals surface area contributed by atoms with Crippen LogP contribution in [0.3, 0.4) is 0 Å². The molecule has 26 heavy (non-hydrogen) atoms. The van der Waals surface area contributed by atoms with Gasteiger partial charge in [0.15, 0.2) is 6.61 Å². The van der Waals surface area contributed by atoms with Gasteiger partial charge in [-0.25, -0.2) is 0 Å². The molecule has 0 amide bonds. The average Bonchev–Trinajstić information content (AvgIpc) is 2.59. The Hall–Kier alpha value is -3.20. The standard InChI is InChI=1S/C17H17F3N4O2/c1-24(2)16(13(11-21)12-22)6-7-23-26-9-8-25-15-5-3-4-14(10-15)17(18,19)20/h3-5,7,10H,6,8-9H2,1-2H3/b23-7+. The summed E-state index contributed by atoms with van der Waals surface area (Å²) in [5.74, 6) is 0.0814. The van der Waals surface area contributed by atoms with Gasteiger partial charge >= 0.3 is 6.18 Å². The molecular formula is C17H17F3N4O2. The first kappa shape index (κ1) is 20.8. The van der Waals surface area contributed by atoms with E-state index >= 15 is 0 Å². The fourth-order valence-electron chi connectivity index (χ4n) is 1.85. The molecule has 6 nitrogen and oxygen atoms in total. The second kappa shape index (κ2) is 9.94. The first-order chi connectivity index (χ1) is 12.3. The van der Waals surface area contributed by atoms with E-state index in [4.69, 9.17) is 20.1 Å². The van der Waals surface area contributed by atoms with Gasteiger partial charge < -0.3 is 14.5 Å². The van der Waals surface area contributed by atoms with E-state index in [2.05, 4.69) is 5.16 Å². The molecule has 0 atom stereocenters. The third-order valence-electron chi connectivity index (χ3n) is 3.09. The van der Waals surface area contributed by atoms with E-state index in [1.807, 2.05) is 0 Å². The van der Waals surface area contributed by atoms with E-state index in [0.29, 0.717) is 5.70 Å². The minimum absolute atomic E-state index is 0.0106. The molecule has 0 aliphatic carbocycles. The number of allylic oxidation sites excluding steroid dienone is 2. The number of oxime groups is 1. The van der Waals surface area contributed by atoms with Crippen molar-refractivity contribution in [3.63, 3.8) is 0 Å². The van der Waals surface area contributed by atoms with Gasteiger partial charge in [0.1, 0.15) is 30.1 Å². The maximum atomic E-state index is 12.6. The van der Waals surface area contributed by atoms with Gasteiger partial charge in [0.05, 0.1) is 5.56 Å². The molecule has 0 fully saturated rings. The molecule has 0 heterocycles. The predicted molar refractivity (Wildman–Crippen MR) is 87.9 cm³/mol. The van der Waals surface area contributed by atoms with Crippen molar-refractivity contribution < 1.29 is 22.7 Å². The lowest BCUT2D eigenvalue weighted by Crippen LogP contribution is -2.13. The van der Waals surface area contributed by atoms with E-state index in [-0.39, 0.29) is 31.0 Å². The lowest BCUT2D eigenvalue weighted by molar-refractivity contribution is -0.137. The number of halogens is 3. The summed E-state index contributed by atoms with van der Waals surface area (Å²) in [5.41, 5.74) is -0.320. The van der Waals surface area contributed by atoms with E-state index in [1.165, 1.54) is 18.3 Å². The molecule has 0 aliphatic heterocycles. The van der Waals surface area contributed by atoms with Crippen molar-refractivity contribution in [1.29, 1.82) is 10.5 Å². The van der Waals surface area contributed by atoms with Crippen molar-refractivity contribution in [1.82, 2.24) is 4.90 Å². The van der Waals surface area contributed by atoms with Crippen LogP contribution in [0, 0.1) is 22.7 Å². The van der Waals surface area contributed by atoms with E-state index in [0.717, 1.165) is 12.1 Å². The van der Waals surface area contributed by atoms with Gasteiger partial charge in [0.25, 0.3) is 0 Å². The number of hydrogen-bond acceptors (Lipinski definition) is 6. The van der Waals surface area contributed by atoms with Crippen molar-refractivity contribution in [2.45, 2.75) is 12.6 Å². The summed E-state index contributed by atoms with van der Waals surface area (Å²) in [5, 5.41) is 21.4. The van der Waals surface area contributed by atoms with Crippen LogP contribution in [0.15, 0.2) is 40.7 Å². The Morgan fingerprint density at radius 3 is 2.50 bits per heavy atom. The molecule has 0 saturated heterocycles. The lowest BCUT2D eigenvalue weighted by atomic mass is 10.2. The zero-order valence-electron chi connectivity index (χ0n) is 14.2. The Morgan fingerprint density at radius 2 is 1.92 bits per heavy atom. The van der Waals surface area contributed by atoms with Crippen LogP contribution >= 0.6 is 0 Å². The van der Waals surface area contributed by atoms with E-state index in [1.54, 1.807) is 31.1 Å². The molecule has 1 aromatic rings. The zero-order chi connectivity index (χ0) is 19.6. The van der Waals surface area contributed by atoms with Gasteiger partial charge in [0.2, 0.25) is 0 Å². The molecule has 0 bridgehead atoms. The number of ether oxygens (including phenoxy) is 1. The predicted octanol–water partition coefficient (Wildman–Crippen LogP) is 3.34. The highest BCUT2D eigenvalue weighted by Gasteiger charge is 2.30.